The fourth-order valence-corrected chi connectivity index (χ4v) is 2.40. The molecule has 0 spiro atoms. The standard InChI is InChI=1S/C16H21BN2O2/c1-11-8-6-7-9-12(11)14-18-10-13(19-14)17-20-15(2,3)16(4,5)21-17/h6-10H,1-5H3,(H,18,19). The number of nitrogens with zero attached hydrogens (tertiary/aromatic N) is 1. The lowest BCUT2D eigenvalue weighted by molar-refractivity contribution is 0.00578. The third-order valence-corrected chi connectivity index (χ3v) is 4.50. The van der Waals surface area contributed by atoms with Crippen LogP contribution >= 0.6 is 0 Å². The Morgan fingerprint density at radius 2 is 1.67 bits per heavy atom. The second-order valence-electron chi connectivity index (χ2n) is 6.59. The molecular weight excluding hydrogens is 263 g/mol. The van der Waals surface area contributed by atoms with Gasteiger partial charge in [-0.15, -0.1) is 0 Å². The van der Waals surface area contributed by atoms with Crippen molar-refractivity contribution >= 4 is 12.7 Å². The van der Waals surface area contributed by atoms with Gasteiger partial charge in [-0.25, -0.2) is 4.98 Å². The van der Waals surface area contributed by atoms with Crippen LogP contribution in [0.1, 0.15) is 33.3 Å². The fraction of sp³-hybridized carbons (Fsp3) is 0.438. The van der Waals surface area contributed by atoms with Crippen LogP contribution in [0.4, 0.5) is 0 Å². The number of hydrogen-bond donors (Lipinski definition) is 1. The van der Waals surface area contributed by atoms with Crippen molar-refractivity contribution in [3.05, 3.63) is 36.0 Å². The van der Waals surface area contributed by atoms with Gasteiger partial charge in [0.05, 0.1) is 16.8 Å². The molecule has 1 fully saturated rings. The Morgan fingerprint density at radius 1 is 1.05 bits per heavy atom. The van der Waals surface area contributed by atoms with Crippen LogP contribution in [0.25, 0.3) is 11.4 Å². The summed E-state index contributed by atoms with van der Waals surface area (Å²) in [6.45, 7) is 10.3. The first kappa shape index (κ1) is 14.4. The topological polar surface area (TPSA) is 47.1 Å². The summed E-state index contributed by atoms with van der Waals surface area (Å²) in [5.74, 6) is 0.845. The molecule has 0 saturated carbocycles. The van der Waals surface area contributed by atoms with Crippen molar-refractivity contribution in [2.24, 2.45) is 0 Å². The van der Waals surface area contributed by atoms with Crippen LogP contribution in [-0.2, 0) is 9.31 Å². The minimum atomic E-state index is -0.403. The summed E-state index contributed by atoms with van der Waals surface area (Å²) in [5, 5.41) is 0. The van der Waals surface area contributed by atoms with E-state index in [9.17, 15) is 0 Å². The van der Waals surface area contributed by atoms with Crippen LogP contribution < -0.4 is 5.59 Å². The average molecular weight is 284 g/mol. The molecule has 2 aromatic rings. The second kappa shape index (κ2) is 4.72. The summed E-state index contributed by atoms with van der Waals surface area (Å²) >= 11 is 0. The van der Waals surface area contributed by atoms with Crippen molar-refractivity contribution in [2.45, 2.75) is 45.8 Å². The largest absolute Gasteiger partial charge is 0.513 e. The maximum Gasteiger partial charge on any atom is 0.513 e. The van der Waals surface area contributed by atoms with E-state index >= 15 is 0 Å². The van der Waals surface area contributed by atoms with Gasteiger partial charge >= 0.3 is 7.12 Å². The SMILES string of the molecule is Cc1ccccc1-c1ncc(B2OC(C)(C)C(C)(C)O2)[nH]1. The van der Waals surface area contributed by atoms with Crippen LogP contribution in [0.3, 0.4) is 0 Å². The molecule has 0 amide bonds. The number of aryl methyl sites for hydroxylation is 1. The number of aromatic nitrogens is 2. The fourth-order valence-electron chi connectivity index (χ4n) is 2.40. The van der Waals surface area contributed by atoms with Crippen molar-refractivity contribution < 1.29 is 9.31 Å². The zero-order valence-corrected chi connectivity index (χ0v) is 13.2. The van der Waals surface area contributed by atoms with E-state index in [-0.39, 0.29) is 11.2 Å². The molecule has 5 heteroatoms. The first-order valence-corrected chi connectivity index (χ1v) is 7.27. The van der Waals surface area contributed by atoms with E-state index in [1.807, 2.05) is 39.8 Å². The number of nitrogens with one attached hydrogen (secondary N) is 1. The Labute approximate surface area is 126 Å². The molecule has 0 aliphatic carbocycles. The Morgan fingerprint density at radius 3 is 2.29 bits per heavy atom. The van der Waals surface area contributed by atoms with Crippen LogP contribution in [0.2, 0.25) is 0 Å². The molecule has 1 aromatic heterocycles. The third kappa shape index (κ3) is 2.41. The molecule has 0 unspecified atom stereocenters. The Hall–Kier alpha value is -1.59. The number of aromatic amines is 1. The van der Waals surface area contributed by atoms with Crippen LogP contribution in [0, 0.1) is 6.92 Å². The van der Waals surface area contributed by atoms with Crippen molar-refractivity contribution in [3.63, 3.8) is 0 Å². The molecule has 3 rings (SSSR count). The summed E-state index contributed by atoms with van der Waals surface area (Å²) < 4.78 is 12.1. The van der Waals surface area contributed by atoms with Crippen molar-refractivity contribution in [3.8, 4) is 11.4 Å². The van der Waals surface area contributed by atoms with Crippen LogP contribution in [0.5, 0.6) is 0 Å². The van der Waals surface area contributed by atoms with Gasteiger partial charge in [0.25, 0.3) is 0 Å². The number of imidazole rings is 1. The summed E-state index contributed by atoms with van der Waals surface area (Å²) in [6.07, 6.45) is 1.80. The number of hydrogen-bond acceptors (Lipinski definition) is 3. The maximum atomic E-state index is 6.04. The van der Waals surface area contributed by atoms with Crippen molar-refractivity contribution in [2.75, 3.05) is 0 Å². The summed E-state index contributed by atoms with van der Waals surface area (Å²) in [4.78, 5) is 7.80. The lowest BCUT2D eigenvalue weighted by Gasteiger charge is -2.32. The van der Waals surface area contributed by atoms with Crippen LogP contribution in [0.15, 0.2) is 30.5 Å². The minimum Gasteiger partial charge on any atom is -0.398 e. The van der Waals surface area contributed by atoms with Gasteiger partial charge in [0.2, 0.25) is 0 Å². The first-order valence-electron chi connectivity index (χ1n) is 7.27. The predicted octanol–water partition coefficient (Wildman–Crippen LogP) is 2.68. The first-order chi connectivity index (χ1) is 9.80. The van der Waals surface area contributed by atoms with Crippen molar-refractivity contribution in [1.82, 2.24) is 9.97 Å². The zero-order chi connectivity index (χ0) is 15.3. The summed E-state index contributed by atoms with van der Waals surface area (Å²) in [6, 6.07) is 8.17. The monoisotopic (exact) mass is 284 g/mol. The highest BCUT2D eigenvalue weighted by atomic mass is 16.7. The lowest BCUT2D eigenvalue weighted by atomic mass is 9.86. The van der Waals surface area contributed by atoms with Gasteiger partial charge in [-0.1, -0.05) is 24.3 Å². The highest BCUT2D eigenvalue weighted by molar-refractivity contribution is 6.61. The molecule has 1 N–H and O–H groups in total. The van der Waals surface area contributed by atoms with E-state index in [1.54, 1.807) is 6.20 Å². The van der Waals surface area contributed by atoms with E-state index in [0.29, 0.717) is 0 Å². The van der Waals surface area contributed by atoms with Crippen molar-refractivity contribution in [1.29, 1.82) is 0 Å². The molecule has 110 valence electrons. The quantitative estimate of drug-likeness (QED) is 0.862. The highest BCUT2D eigenvalue weighted by Gasteiger charge is 2.52. The number of benzene rings is 1. The lowest BCUT2D eigenvalue weighted by Crippen LogP contribution is -2.41. The van der Waals surface area contributed by atoms with E-state index in [4.69, 9.17) is 9.31 Å². The smallest absolute Gasteiger partial charge is 0.398 e. The van der Waals surface area contributed by atoms with E-state index in [2.05, 4.69) is 29.0 Å². The predicted molar refractivity (Wildman–Crippen MR) is 84.5 cm³/mol. The van der Waals surface area contributed by atoms with Gasteiger partial charge in [-0.05, 0) is 40.2 Å². The van der Waals surface area contributed by atoms with Gasteiger partial charge in [0, 0.05) is 11.8 Å². The van der Waals surface area contributed by atoms with Gasteiger partial charge in [0.15, 0.2) is 0 Å². The molecule has 0 atom stereocenters. The normalized spacial score (nSPS) is 20.0. The molecule has 1 aliphatic rings. The molecule has 2 heterocycles. The molecule has 21 heavy (non-hydrogen) atoms. The molecule has 1 aliphatic heterocycles. The van der Waals surface area contributed by atoms with E-state index in [0.717, 1.165) is 17.0 Å². The van der Waals surface area contributed by atoms with E-state index in [1.165, 1.54) is 5.56 Å². The maximum absolute atomic E-state index is 6.04. The second-order valence-corrected chi connectivity index (χ2v) is 6.59. The molecule has 0 bridgehead atoms. The summed E-state index contributed by atoms with van der Waals surface area (Å²) in [5.41, 5.74) is 2.46. The third-order valence-electron chi connectivity index (χ3n) is 4.50. The van der Waals surface area contributed by atoms with Gasteiger partial charge in [-0.2, -0.15) is 0 Å². The number of H-pyrrole nitrogens is 1. The molecular formula is C16H21BN2O2. The Kier molecular flexibility index (Phi) is 3.22. The molecule has 4 nitrogen and oxygen atoms in total. The van der Waals surface area contributed by atoms with Gasteiger partial charge in [-0.3, -0.25) is 0 Å². The minimum absolute atomic E-state index is 0.342. The average Bonchev–Trinajstić information content (AvgIpc) is 2.94. The summed E-state index contributed by atoms with van der Waals surface area (Å²) in [7, 11) is -0.403. The molecule has 0 radical (unpaired) electrons. The number of rotatable bonds is 2. The molecule has 1 aromatic carbocycles. The Balaban J connectivity index is 1.89. The van der Waals surface area contributed by atoms with Crippen LogP contribution in [-0.4, -0.2) is 28.3 Å². The van der Waals surface area contributed by atoms with Gasteiger partial charge in [0.1, 0.15) is 5.82 Å². The highest BCUT2D eigenvalue weighted by Crippen LogP contribution is 2.36. The Bertz CT molecular complexity index is 648. The molecule has 1 saturated heterocycles. The zero-order valence-electron chi connectivity index (χ0n) is 13.2. The van der Waals surface area contributed by atoms with E-state index < -0.39 is 7.12 Å². The van der Waals surface area contributed by atoms with Gasteiger partial charge < -0.3 is 14.3 Å².